The molecule has 1 N–H and O–H groups in total. The first-order chi connectivity index (χ1) is 7.71. The summed E-state index contributed by atoms with van der Waals surface area (Å²) in [6.45, 7) is 1.46. The number of ether oxygens (including phenoxy) is 1. The molecule has 0 aliphatic carbocycles. The molecule has 0 saturated heterocycles. The molecule has 1 rings (SSSR count). The standard InChI is InChI=1S/C12H16N2O2/c1-14(5-6-15)9-10-3-4-12(16-2)11(7-10)8-13/h3-4,7,15H,5-6,9H2,1-2H3. The molecule has 4 nitrogen and oxygen atoms in total. The maximum atomic E-state index is 8.93. The molecule has 0 aliphatic heterocycles. The summed E-state index contributed by atoms with van der Waals surface area (Å²) in [4.78, 5) is 1.99. The van der Waals surface area contributed by atoms with Gasteiger partial charge in [-0.05, 0) is 24.7 Å². The fourth-order valence-electron chi connectivity index (χ4n) is 1.50. The van der Waals surface area contributed by atoms with Gasteiger partial charge in [0.15, 0.2) is 0 Å². The monoisotopic (exact) mass is 220 g/mol. The molecule has 0 fully saturated rings. The van der Waals surface area contributed by atoms with Crippen LogP contribution in [-0.2, 0) is 6.54 Å². The molecule has 0 saturated carbocycles. The van der Waals surface area contributed by atoms with Gasteiger partial charge in [-0.25, -0.2) is 0 Å². The van der Waals surface area contributed by atoms with Gasteiger partial charge in [-0.3, -0.25) is 4.90 Å². The van der Waals surface area contributed by atoms with Crippen molar-refractivity contribution < 1.29 is 9.84 Å². The number of benzene rings is 1. The zero-order valence-electron chi connectivity index (χ0n) is 9.60. The molecule has 86 valence electrons. The second-order valence-corrected chi connectivity index (χ2v) is 3.61. The van der Waals surface area contributed by atoms with Crippen LogP contribution in [0.5, 0.6) is 5.75 Å². The minimum atomic E-state index is 0.137. The van der Waals surface area contributed by atoms with Crippen LogP contribution < -0.4 is 4.74 Å². The fourth-order valence-corrected chi connectivity index (χ4v) is 1.50. The highest BCUT2D eigenvalue weighted by Gasteiger charge is 2.05. The Labute approximate surface area is 95.7 Å². The lowest BCUT2D eigenvalue weighted by Crippen LogP contribution is -2.21. The lowest BCUT2D eigenvalue weighted by molar-refractivity contribution is 0.217. The van der Waals surface area contributed by atoms with Crippen molar-refractivity contribution in [1.82, 2.24) is 4.90 Å². The van der Waals surface area contributed by atoms with E-state index in [1.165, 1.54) is 0 Å². The highest BCUT2D eigenvalue weighted by Crippen LogP contribution is 2.19. The highest BCUT2D eigenvalue weighted by atomic mass is 16.5. The lowest BCUT2D eigenvalue weighted by Gasteiger charge is -2.15. The third-order valence-electron chi connectivity index (χ3n) is 2.32. The molecule has 0 atom stereocenters. The molecule has 0 spiro atoms. The van der Waals surface area contributed by atoms with Gasteiger partial charge in [0.2, 0.25) is 0 Å². The van der Waals surface area contributed by atoms with Gasteiger partial charge in [0.05, 0.1) is 19.3 Å². The van der Waals surface area contributed by atoms with Crippen LogP contribution in [0, 0.1) is 11.3 Å². The smallest absolute Gasteiger partial charge is 0.136 e. The normalized spacial score (nSPS) is 10.2. The number of nitriles is 1. The summed E-state index contributed by atoms with van der Waals surface area (Å²) in [7, 11) is 3.47. The van der Waals surface area contributed by atoms with E-state index < -0.39 is 0 Å². The van der Waals surface area contributed by atoms with Crippen molar-refractivity contribution in [3.63, 3.8) is 0 Å². The first-order valence-corrected chi connectivity index (χ1v) is 5.07. The van der Waals surface area contributed by atoms with E-state index in [0.29, 0.717) is 24.4 Å². The zero-order chi connectivity index (χ0) is 12.0. The third-order valence-corrected chi connectivity index (χ3v) is 2.32. The SMILES string of the molecule is COc1ccc(CN(C)CCO)cc1C#N. The molecule has 1 aromatic carbocycles. The van der Waals surface area contributed by atoms with Gasteiger partial charge in [0, 0.05) is 13.1 Å². The number of methoxy groups -OCH3 is 1. The van der Waals surface area contributed by atoms with E-state index in [1.54, 1.807) is 13.2 Å². The van der Waals surface area contributed by atoms with Gasteiger partial charge in [-0.1, -0.05) is 6.07 Å². The van der Waals surface area contributed by atoms with Crippen LogP contribution in [-0.4, -0.2) is 37.3 Å². The van der Waals surface area contributed by atoms with Crippen molar-refractivity contribution in [3.8, 4) is 11.8 Å². The predicted octanol–water partition coefficient (Wildman–Crippen LogP) is 0.991. The van der Waals surface area contributed by atoms with Gasteiger partial charge >= 0.3 is 0 Å². The molecule has 0 radical (unpaired) electrons. The first kappa shape index (κ1) is 12.5. The quantitative estimate of drug-likeness (QED) is 0.804. The molecular formula is C12H16N2O2. The predicted molar refractivity (Wildman–Crippen MR) is 61.1 cm³/mol. The van der Waals surface area contributed by atoms with Gasteiger partial charge < -0.3 is 9.84 Å². The Morgan fingerprint density at radius 3 is 2.81 bits per heavy atom. The van der Waals surface area contributed by atoms with Gasteiger partial charge in [-0.2, -0.15) is 5.26 Å². The largest absolute Gasteiger partial charge is 0.495 e. The van der Waals surface area contributed by atoms with Crippen molar-refractivity contribution in [2.75, 3.05) is 27.3 Å². The van der Waals surface area contributed by atoms with Crippen LogP contribution in [0.4, 0.5) is 0 Å². The van der Waals surface area contributed by atoms with E-state index in [2.05, 4.69) is 6.07 Å². The van der Waals surface area contributed by atoms with Crippen LogP contribution in [0.15, 0.2) is 18.2 Å². The van der Waals surface area contributed by atoms with Crippen molar-refractivity contribution in [1.29, 1.82) is 5.26 Å². The Bertz CT molecular complexity index is 385. The zero-order valence-corrected chi connectivity index (χ0v) is 9.60. The van der Waals surface area contributed by atoms with Crippen LogP contribution in [0.3, 0.4) is 0 Å². The summed E-state index contributed by atoms with van der Waals surface area (Å²) < 4.78 is 5.07. The number of likely N-dealkylation sites (N-methyl/N-ethyl adjacent to an activating group) is 1. The molecule has 0 heterocycles. The van der Waals surface area contributed by atoms with Gasteiger partial charge in [-0.15, -0.1) is 0 Å². The number of aliphatic hydroxyl groups excluding tert-OH is 1. The Morgan fingerprint density at radius 1 is 1.50 bits per heavy atom. The summed E-state index contributed by atoms with van der Waals surface area (Å²) >= 11 is 0. The summed E-state index contributed by atoms with van der Waals surface area (Å²) in [5, 5.41) is 17.7. The molecule has 16 heavy (non-hydrogen) atoms. The minimum absolute atomic E-state index is 0.137. The number of nitrogens with zero attached hydrogens (tertiary/aromatic N) is 2. The van der Waals surface area contributed by atoms with E-state index in [4.69, 9.17) is 15.1 Å². The minimum Gasteiger partial charge on any atom is -0.495 e. The van der Waals surface area contributed by atoms with Crippen LogP contribution in [0.2, 0.25) is 0 Å². The van der Waals surface area contributed by atoms with E-state index >= 15 is 0 Å². The number of hydrogen-bond donors (Lipinski definition) is 1. The Kier molecular flexibility index (Phi) is 4.77. The second kappa shape index (κ2) is 6.11. The van der Waals surface area contributed by atoms with Gasteiger partial charge in [0.1, 0.15) is 11.8 Å². The van der Waals surface area contributed by atoms with E-state index in [0.717, 1.165) is 5.56 Å². The average Bonchev–Trinajstić information content (AvgIpc) is 2.29. The number of rotatable bonds is 5. The lowest BCUT2D eigenvalue weighted by atomic mass is 10.1. The van der Waals surface area contributed by atoms with Crippen LogP contribution in [0.1, 0.15) is 11.1 Å². The summed E-state index contributed by atoms with van der Waals surface area (Å²) in [5.41, 5.74) is 1.57. The van der Waals surface area contributed by atoms with Crippen LogP contribution >= 0.6 is 0 Å². The molecule has 0 unspecified atom stereocenters. The summed E-state index contributed by atoms with van der Waals surface area (Å²) in [6.07, 6.45) is 0. The van der Waals surface area contributed by atoms with Gasteiger partial charge in [0.25, 0.3) is 0 Å². The molecule has 4 heteroatoms. The fraction of sp³-hybridized carbons (Fsp3) is 0.417. The Balaban J connectivity index is 2.80. The van der Waals surface area contributed by atoms with E-state index in [1.807, 2.05) is 24.1 Å². The summed E-state index contributed by atoms with van der Waals surface area (Å²) in [5.74, 6) is 0.594. The Hall–Kier alpha value is -1.57. The Morgan fingerprint density at radius 2 is 2.25 bits per heavy atom. The molecule has 0 amide bonds. The highest BCUT2D eigenvalue weighted by molar-refractivity contribution is 5.45. The molecule has 0 aliphatic rings. The van der Waals surface area contributed by atoms with Crippen LogP contribution in [0.25, 0.3) is 0 Å². The van der Waals surface area contributed by atoms with Crippen molar-refractivity contribution >= 4 is 0 Å². The van der Waals surface area contributed by atoms with Crippen molar-refractivity contribution in [3.05, 3.63) is 29.3 Å². The molecule has 0 bridgehead atoms. The van der Waals surface area contributed by atoms with E-state index in [-0.39, 0.29) is 6.61 Å². The molecule has 1 aromatic rings. The molecular weight excluding hydrogens is 204 g/mol. The number of hydrogen-bond acceptors (Lipinski definition) is 4. The maximum Gasteiger partial charge on any atom is 0.136 e. The van der Waals surface area contributed by atoms with Crippen molar-refractivity contribution in [2.24, 2.45) is 0 Å². The van der Waals surface area contributed by atoms with Crippen molar-refractivity contribution in [2.45, 2.75) is 6.54 Å². The molecule has 0 aromatic heterocycles. The topological polar surface area (TPSA) is 56.5 Å². The number of aliphatic hydroxyl groups is 1. The second-order valence-electron chi connectivity index (χ2n) is 3.61. The first-order valence-electron chi connectivity index (χ1n) is 5.07. The van der Waals surface area contributed by atoms with E-state index in [9.17, 15) is 0 Å². The third kappa shape index (κ3) is 3.23. The average molecular weight is 220 g/mol. The maximum absolute atomic E-state index is 8.93. The summed E-state index contributed by atoms with van der Waals surface area (Å²) in [6, 6.07) is 7.63.